The van der Waals surface area contributed by atoms with Crippen LogP contribution in [0.1, 0.15) is 13.3 Å². The summed E-state index contributed by atoms with van der Waals surface area (Å²) in [4.78, 5) is 6.63. The van der Waals surface area contributed by atoms with Crippen LogP contribution in [0.3, 0.4) is 0 Å². The molecule has 0 aliphatic heterocycles. The summed E-state index contributed by atoms with van der Waals surface area (Å²) in [6.45, 7) is 2.90. The molecule has 0 saturated carbocycles. The van der Waals surface area contributed by atoms with E-state index in [9.17, 15) is 0 Å². The normalized spacial score (nSPS) is 12.4. The number of hydrogen-bond acceptors (Lipinski definition) is 3. The van der Waals surface area contributed by atoms with Gasteiger partial charge >= 0.3 is 0 Å². The van der Waals surface area contributed by atoms with Gasteiger partial charge in [0.15, 0.2) is 0 Å². The molecule has 0 N–H and O–H groups in total. The molecule has 0 aliphatic carbocycles. The average molecular weight is 279 g/mol. The number of benzene rings is 1. The fourth-order valence-corrected chi connectivity index (χ4v) is 2.15. The molecular formula is C15H19ClN2O. The molecule has 0 saturated heterocycles. The number of hydrogen-bond donors (Lipinski definition) is 0. The van der Waals surface area contributed by atoms with Crippen LogP contribution in [0.5, 0.6) is 5.75 Å². The minimum Gasteiger partial charge on any atom is -0.497 e. The molecule has 0 spiro atoms. The van der Waals surface area contributed by atoms with E-state index >= 15 is 0 Å². The lowest BCUT2D eigenvalue weighted by Crippen LogP contribution is -2.21. The van der Waals surface area contributed by atoms with Gasteiger partial charge in [0.05, 0.1) is 7.11 Å². The highest BCUT2D eigenvalue weighted by Crippen LogP contribution is 2.27. The Morgan fingerprint density at radius 1 is 1.37 bits per heavy atom. The lowest BCUT2D eigenvalue weighted by atomic mass is 10.1. The average Bonchev–Trinajstić information content (AvgIpc) is 2.43. The Morgan fingerprint density at radius 2 is 2.16 bits per heavy atom. The van der Waals surface area contributed by atoms with Gasteiger partial charge in [-0.2, -0.15) is 0 Å². The molecule has 2 aromatic rings. The van der Waals surface area contributed by atoms with Crippen LogP contribution in [-0.2, 0) is 0 Å². The van der Waals surface area contributed by atoms with Crippen LogP contribution < -0.4 is 9.64 Å². The van der Waals surface area contributed by atoms with E-state index < -0.39 is 0 Å². The molecule has 0 radical (unpaired) electrons. The van der Waals surface area contributed by atoms with E-state index in [4.69, 9.17) is 16.3 Å². The van der Waals surface area contributed by atoms with E-state index in [1.807, 2.05) is 38.4 Å². The number of methoxy groups -OCH3 is 1. The van der Waals surface area contributed by atoms with Crippen molar-refractivity contribution in [2.45, 2.75) is 18.7 Å². The SMILES string of the molecule is COc1ccc2c(N(C)CCC(C)Cl)nccc2c1. The number of ether oxygens (including phenoxy) is 1. The fourth-order valence-electron chi connectivity index (χ4n) is 2.05. The van der Waals surface area contributed by atoms with E-state index in [0.717, 1.165) is 35.3 Å². The molecule has 1 heterocycles. The molecule has 2 rings (SSSR count). The van der Waals surface area contributed by atoms with Crippen LogP contribution in [0, 0.1) is 0 Å². The Bertz CT molecular complexity index is 557. The number of rotatable bonds is 5. The Hall–Kier alpha value is -1.48. The minimum atomic E-state index is 0.178. The number of alkyl halides is 1. The number of aromatic nitrogens is 1. The molecule has 0 fully saturated rings. The summed E-state index contributed by atoms with van der Waals surface area (Å²) in [6.07, 6.45) is 2.77. The first kappa shape index (κ1) is 13.9. The van der Waals surface area contributed by atoms with Crippen LogP contribution in [0.4, 0.5) is 5.82 Å². The highest BCUT2D eigenvalue weighted by Gasteiger charge is 2.09. The quantitative estimate of drug-likeness (QED) is 0.780. The monoisotopic (exact) mass is 278 g/mol. The van der Waals surface area contributed by atoms with Gasteiger partial charge in [-0.25, -0.2) is 4.98 Å². The molecule has 1 aromatic carbocycles. The Kier molecular flexibility index (Phi) is 4.48. The van der Waals surface area contributed by atoms with Crippen molar-refractivity contribution >= 4 is 28.2 Å². The minimum absolute atomic E-state index is 0.178. The zero-order valence-corrected chi connectivity index (χ0v) is 12.3. The molecule has 0 bridgehead atoms. The number of fused-ring (bicyclic) bond motifs is 1. The van der Waals surface area contributed by atoms with E-state index in [1.54, 1.807) is 7.11 Å². The predicted molar refractivity (Wildman–Crippen MR) is 81.5 cm³/mol. The first-order chi connectivity index (χ1) is 9.11. The molecule has 102 valence electrons. The van der Waals surface area contributed by atoms with Gasteiger partial charge in [-0.15, -0.1) is 11.6 Å². The van der Waals surface area contributed by atoms with Crippen molar-refractivity contribution < 1.29 is 4.74 Å². The second kappa shape index (κ2) is 6.11. The molecule has 1 unspecified atom stereocenters. The maximum atomic E-state index is 6.00. The first-order valence-electron chi connectivity index (χ1n) is 6.40. The summed E-state index contributed by atoms with van der Waals surface area (Å²) in [5.41, 5.74) is 0. The highest BCUT2D eigenvalue weighted by atomic mass is 35.5. The summed E-state index contributed by atoms with van der Waals surface area (Å²) in [7, 11) is 3.72. The summed E-state index contributed by atoms with van der Waals surface area (Å²) < 4.78 is 5.25. The van der Waals surface area contributed by atoms with Gasteiger partial charge in [0.25, 0.3) is 0 Å². The number of nitrogens with zero attached hydrogens (tertiary/aromatic N) is 2. The highest BCUT2D eigenvalue weighted by molar-refractivity contribution is 6.20. The maximum absolute atomic E-state index is 6.00. The third kappa shape index (κ3) is 3.29. The van der Waals surface area contributed by atoms with E-state index in [-0.39, 0.29) is 5.38 Å². The third-order valence-electron chi connectivity index (χ3n) is 3.17. The fraction of sp³-hybridized carbons (Fsp3) is 0.400. The van der Waals surface area contributed by atoms with Crippen molar-refractivity contribution in [2.24, 2.45) is 0 Å². The van der Waals surface area contributed by atoms with Gasteiger partial charge in [-0.1, -0.05) is 0 Å². The van der Waals surface area contributed by atoms with Crippen LogP contribution in [0.2, 0.25) is 0 Å². The topological polar surface area (TPSA) is 25.4 Å². The van der Waals surface area contributed by atoms with E-state index in [0.29, 0.717) is 0 Å². The van der Waals surface area contributed by atoms with Gasteiger partial charge in [0, 0.05) is 30.6 Å². The number of halogens is 1. The molecule has 19 heavy (non-hydrogen) atoms. The van der Waals surface area contributed by atoms with Crippen LogP contribution in [0.25, 0.3) is 10.8 Å². The zero-order valence-electron chi connectivity index (χ0n) is 11.6. The van der Waals surface area contributed by atoms with E-state index in [2.05, 4.69) is 16.0 Å². The van der Waals surface area contributed by atoms with Crippen molar-refractivity contribution in [3.05, 3.63) is 30.5 Å². The Balaban J connectivity index is 2.32. The summed E-state index contributed by atoms with van der Waals surface area (Å²) in [6, 6.07) is 8.04. The van der Waals surface area contributed by atoms with Crippen molar-refractivity contribution in [3.63, 3.8) is 0 Å². The molecule has 0 amide bonds. The van der Waals surface area contributed by atoms with E-state index in [1.165, 1.54) is 0 Å². The van der Waals surface area contributed by atoms with Crippen molar-refractivity contribution in [1.82, 2.24) is 4.98 Å². The first-order valence-corrected chi connectivity index (χ1v) is 6.83. The molecule has 1 atom stereocenters. The van der Waals surface area contributed by atoms with Crippen molar-refractivity contribution in [2.75, 3.05) is 25.6 Å². The molecular weight excluding hydrogens is 260 g/mol. The second-order valence-corrected chi connectivity index (χ2v) is 5.46. The molecule has 0 aliphatic rings. The van der Waals surface area contributed by atoms with Crippen LogP contribution in [0.15, 0.2) is 30.5 Å². The second-order valence-electron chi connectivity index (χ2n) is 4.71. The molecule has 4 heteroatoms. The van der Waals surface area contributed by atoms with Crippen molar-refractivity contribution in [1.29, 1.82) is 0 Å². The van der Waals surface area contributed by atoms with Crippen LogP contribution in [-0.4, -0.2) is 31.1 Å². The summed E-state index contributed by atoms with van der Waals surface area (Å²) in [5.74, 6) is 1.85. The van der Waals surface area contributed by atoms with Gasteiger partial charge in [0.2, 0.25) is 0 Å². The third-order valence-corrected chi connectivity index (χ3v) is 3.39. The van der Waals surface area contributed by atoms with Gasteiger partial charge in [-0.05, 0) is 43.0 Å². The molecule has 1 aromatic heterocycles. The number of anilines is 1. The number of pyridine rings is 1. The Labute approximate surface area is 119 Å². The Morgan fingerprint density at radius 3 is 2.84 bits per heavy atom. The molecule has 3 nitrogen and oxygen atoms in total. The lowest BCUT2D eigenvalue weighted by molar-refractivity contribution is 0.415. The van der Waals surface area contributed by atoms with Crippen LogP contribution >= 0.6 is 11.6 Å². The van der Waals surface area contributed by atoms with Gasteiger partial charge in [0.1, 0.15) is 11.6 Å². The lowest BCUT2D eigenvalue weighted by Gasteiger charge is -2.20. The smallest absolute Gasteiger partial charge is 0.136 e. The van der Waals surface area contributed by atoms with Crippen molar-refractivity contribution in [3.8, 4) is 5.75 Å². The zero-order chi connectivity index (χ0) is 13.8. The summed E-state index contributed by atoms with van der Waals surface area (Å²) in [5, 5.41) is 2.45. The van der Waals surface area contributed by atoms with Gasteiger partial charge in [-0.3, -0.25) is 0 Å². The summed E-state index contributed by atoms with van der Waals surface area (Å²) >= 11 is 6.00. The predicted octanol–water partition coefficient (Wildman–Crippen LogP) is 3.70. The largest absolute Gasteiger partial charge is 0.497 e. The standard InChI is InChI=1S/C15H19ClN2O/c1-11(16)7-9-18(2)15-14-5-4-13(19-3)10-12(14)6-8-17-15/h4-6,8,10-11H,7,9H2,1-3H3. The van der Waals surface area contributed by atoms with Gasteiger partial charge < -0.3 is 9.64 Å². The maximum Gasteiger partial charge on any atom is 0.136 e.